The van der Waals surface area contributed by atoms with Gasteiger partial charge in [0, 0.05) is 31.8 Å². The average molecular weight is 867 g/mol. The molecule has 0 aliphatic heterocycles. The number of benzene rings is 11. The predicted molar refractivity (Wildman–Crippen MR) is 286 cm³/mol. The van der Waals surface area contributed by atoms with Crippen LogP contribution in [0, 0.1) is 0 Å². The fourth-order valence-electron chi connectivity index (χ4n) is 10.6. The van der Waals surface area contributed by atoms with Gasteiger partial charge >= 0.3 is 0 Å². The van der Waals surface area contributed by atoms with Gasteiger partial charge in [-0.05, 0) is 129 Å². The molecule has 0 aliphatic carbocycles. The summed E-state index contributed by atoms with van der Waals surface area (Å²) < 4.78 is 1.28. The van der Waals surface area contributed by atoms with Crippen molar-refractivity contribution < 1.29 is 0 Å². The Bertz CT molecular complexity index is 4220. The highest BCUT2D eigenvalue weighted by atomic mass is 32.1. The van der Waals surface area contributed by atoms with E-state index in [9.17, 15) is 0 Å². The Labute approximate surface area is 391 Å². The summed E-state index contributed by atoms with van der Waals surface area (Å²) in [6.07, 6.45) is 0. The predicted octanol–water partition coefficient (Wildman–Crippen LogP) is 18.1. The van der Waals surface area contributed by atoms with E-state index in [0.29, 0.717) is 5.82 Å². The van der Waals surface area contributed by atoms with Gasteiger partial charge in [-0.1, -0.05) is 194 Å². The van der Waals surface area contributed by atoms with E-state index in [4.69, 9.17) is 9.97 Å². The number of aromatic nitrogens is 2. The summed E-state index contributed by atoms with van der Waals surface area (Å²) in [5.41, 5.74) is 10.8. The number of hydrogen-bond acceptors (Lipinski definition) is 3. The SMILES string of the molecule is c1ccc(-c2nc(-c3ccc(-c4cccc(-c5cc6ccc7cccc8c9cccc%10ccc%11cccc(c(c5)c6c78)c%11c%109)c4)cc3)cc(-c3ccccc3-c3cc4ccccc4s3)n2)cc1. The fourth-order valence-corrected chi connectivity index (χ4v) is 11.8. The third-order valence-electron chi connectivity index (χ3n) is 13.8. The van der Waals surface area contributed by atoms with E-state index < -0.39 is 0 Å². The molecule has 0 saturated heterocycles. The van der Waals surface area contributed by atoms with Gasteiger partial charge < -0.3 is 0 Å². The van der Waals surface area contributed by atoms with E-state index in [1.54, 1.807) is 0 Å². The first-order valence-corrected chi connectivity index (χ1v) is 23.7. The van der Waals surface area contributed by atoms with Crippen LogP contribution in [0.2, 0.25) is 0 Å². The zero-order valence-corrected chi connectivity index (χ0v) is 37.1. The standard InChI is InChI=1S/C64H38N2S/c1-2-12-44(13-3-1)64-65-56(38-57(66-64)50-20-5-6-21-51(50)59-37-47-14-4-7-25-58(47)67-59)40-28-26-39(27-29-40)45-18-8-19-46(34-45)49-35-48-33-32-43-16-10-23-53-52-22-9-15-41-30-31-42-17-11-24-54(62(42)60(41)52)55(36-49)63(48)61(43)53/h1-38H. The zero-order chi connectivity index (χ0) is 44.0. The van der Waals surface area contributed by atoms with Crippen LogP contribution in [0.1, 0.15) is 0 Å². The van der Waals surface area contributed by atoms with E-state index in [0.717, 1.165) is 33.6 Å². The number of rotatable bonds is 6. The van der Waals surface area contributed by atoms with Crippen LogP contribution < -0.4 is 0 Å². The molecule has 0 bridgehead atoms. The van der Waals surface area contributed by atoms with Crippen molar-refractivity contribution in [2.75, 3.05) is 0 Å². The molecule has 0 aliphatic rings. The lowest BCUT2D eigenvalue weighted by atomic mass is 9.86. The minimum Gasteiger partial charge on any atom is -0.228 e. The molecular weight excluding hydrogens is 829 g/mol. The first kappa shape index (κ1) is 37.8. The molecule has 67 heavy (non-hydrogen) atoms. The van der Waals surface area contributed by atoms with Crippen LogP contribution in [0.15, 0.2) is 231 Å². The van der Waals surface area contributed by atoms with E-state index >= 15 is 0 Å². The maximum absolute atomic E-state index is 5.23. The first-order valence-electron chi connectivity index (χ1n) is 22.9. The molecule has 0 unspecified atom stereocenters. The highest BCUT2D eigenvalue weighted by Crippen LogP contribution is 2.45. The molecule has 0 atom stereocenters. The van der Waals surface area contributed by atoms with Crippen molar-refractivity contribution >= 4 is 86.1 Å². The van der Waals surface area contributed by atoms with Gasteiger partial charge in [0.1, 0.15) is 0 Å². The van der Waals surface area contributed by atoms with Crippen molar-refractivity contribution in [1.29, 1.82) is 0 Å². The largest absolute Gasteiger partial charge is 0.228 e. The monoisotopic (exact) mass is 866 g/mol. The molecule has 2 aromatic heterocycles. The quantitative estimate of drug-likeness (QED) is 0.156. The molecule has 3 heteroatoms. The van der Waals surface area contributed by atoms with Crippen molar-refractivity contribution in [3.63, 3.8) is 0 Å². The van der Waals surface area contributed by atoms with Crippen molar-refractivity contribution in [3.8, 4) is 66.6 Å². The summed E-state index contributed by atoms with van der Waals surface area (Å²) in [6, 6.07) is 84.2. The second-order valence-electron chi connectivity index (χ2n) is 17.6. The van der Waals surface area contributed by atoms with Gasteiger partial charge in [0.05, 0.1) is 11.4 Å². The van der Waals surface area contributed by atoms with E-state index in [1.807, 2.05) is 29.5 Å². The smallest absolute Gasteiger partial charge is 0.160 e. The molecule has 0 fully saturated rings. The number of nitrogens with zero attached hydrogens (tertiary/aromatic N) is 2. The highest BCUT2D eigenvalue weighted by Gasteiger charge is 2.18. The highest BCUT2D eigenvalue weighted by molar-refractivity contribution is 7.22. The molecular formula is C64H38N2S. The third-order valence-corrected chi connectivity index (χ3v) is 14.9. The van der Waals surface area contributed by atoms with Crippen LogP contribution in [0.4, 0.5) is 0 Å². The molecule has 0 saturated carbocycles. The van der Waals surface area contributed by atoms with Crippen molar-refractivity contribution in [1.82, 2.24) is 9.97 Å². The molecule has 0 N–H and O–H groups in total. The van der Waals surface area contributed by atoms with E-state index in [2.05, 4.69) is 212 Å². The lowest BCUT2D eigenvalue weighted by Gasteiger charge is -2.17. The van der Waals surface area contributed by atoms with Gasteiger partial charge in [-0.25, -0.2) is 9.97 Å². The summed E-state index contributed by atoms with van der Waals surface area (Å²) in [5.74, 6) is 0.707. The minimum atomic E-state index is 0.707. The molecule has 0 radical (unpaired) electrons. The van der Waals surface area contributed by atoms with E-state index in [1.165, 1.54) is 102 Å². The third kappa shape index (κ3) is 6.16. The minimum absolute atomic E-state index is 0.707. The Hall–Kier alpha value is -8.50. The second-order valence-corrected chi connectivity index (χ2v) is 18.7. The lowest BCUT2D eigenvalue weighted by Crippen LogP contribution is -1.96. The Morgan fingerprint density at radius 1 is 0.269 bits per heavy atom. The zero-order valence-electron chi connectivity index (χ0n) is 36.2. The summed E-state index contributed by atoms with van der Waals surface area (Å²) in [7, 11) is 0. The van der Waals surface area contributed by atoms with Gasteiger partial charge in [0.25, 0.3) is 0 Å². The molecule has 0 spiro atoms. The molecule has 14 aromatic rings. The molecule has 0 amide bonds. The number of fused-ring (bicyclic) bond motifs is 3. The summed E-state index contributed by atoms with van der Waals surface area (Å²) >= 11 is 1.82. The average Bonchev–Trinajstić information content (AvgIpc) is 3.84. The van der Waals surface area contributed by atoms with Gasteiger partial charge in [0.2, 0.25) is 0 Å². The number of thiophene rings is 1. The van der Waals surface area contributed by atoms with Crippen LogP contribution >= 0.6 is 11.3 Å². The normalized spacial score (nSPS) is 11.9. The molecule has 2 nitrogen and oxygen atoms in total. The van der Waals surface area contributed by atoms with Crippen molar-refractivity contribution in [2.24, 2.45) is 0 Å². The van der Waals surface area contributed by atoms with Gasteiger partial charge in [-0.2, -0.15) is 0 Å². The molecule has 310 valence electrons. The van der Waals surface area contributed by atoms with Gasteiger partial charge in [-0.15, -0.1) is 11.3 Å². The van der Waals surface area contributed by atoms with Crippen molar-refractivity contribution in [3.05, 3.63) is 231 Å². The van der Waals surface area contributed by atoms with Crippen LogP contribution in [-0.4, -0.2) is 9.97 Å². The molecule has 14 rings (SSSR count). The lowest BCUT2D eigenvalue weighted by molar-refractivity contribution is 1.18. The van der Waals surface area contributed by atoms with Crippen LogP contribution in [0.25, 0.3) is 141 Å². The summed E-state index contributed by atoms with van der Waals surface area (Å²) in [5, 5.41) is 16.7. The Morgan fingerprint density at radius 2 is 0.791 bits per heavy atom. The molecule has 12 aromatic carbocycles. The Balaban J connectivity index is 0.890. The van der Waals surface area contributed by atoms with Gasteiger partial charge in [0.15, 0.2) is 5.82 Å². The van der Waals surface area contributed by atoms with Crippen LogP contribution in [0.5, 0.6) is 0 Å². The van der Waals surface area contributed by atoms with Gasteiger partial charge in [-0.3, -0.25) is 0 Å². The first-order chi connectivity index (χ1) is 33.2. The Kier molecular flexibility index (Phi) is 8.49. The topological polar surface area (TPSA) is 25.8 Å². The van der Waals surface area contributed by atoms with Crippen LogP contribution in [-0.2, 0) is 0 Å². The maximum Gasteiger partial charge on any atom is 0.160 e. The fraction of sp³-hybridized carbons (Fsp3) is 0. The number of hydrogen-bond donors (Lipinski definition) is 0. The van der Waals surface area contributed by atoms with Crippen molar-refractivity contribution in [2.45, 2.75) is 0 Å². The molecule has 2 heterocycles. The van der Waals surface area contributed by atoms with Crippen LogP contribution in [0.3, 0.4) is 0 Å². The maximum atomic E-state index is 5.23. The Morgan fingerprint density at radius 3 is 1.49 bits per heavy atom. The summed E-state index contributed by atoms with van der Waals surface area (Å²) in [6.45, 7) is 0. The second kappa shape index (κ2) is 15.0. The summed E-state index contributed by atoms with van der Waals surface area (Å²) in [4.78, 5) is 11.7. The van der Waals surface area contributed by atoms with E-state index in [-0.39, 0.29) is 0 Å².